The van der Waals surface area contributed by atoms with Gasteiger partial charge in [-0.3, -0.25) is 4.99 Å². The Morgan fingerprint density at radius 2 is 1.92 bits per heavy atom. The maximum atomic E-state index is 11.2. The zero-order chi connectivity index (χ0) is 19.0. The Morgan fingerprint density at radius 1 is 1.23 bits per heavy atom. The van der Waals surface area contributed by atoms with E-state index in [1.54, 1.807) is 7.11 Å². The molecule has 0 saturated carbocycles. The Labute approximate surface area is 157 Å². The molecule has 0 amide bonds. The molecule has 1 saturated heterocycles. The number of hydrogen-bond donors (Lipinski definition) is 1. The lowest BCUT2D eigenvalue weighted by molar-refractivity contribution is 0.367. The normalized spacial score (nSPS) is 15.9. The van der Waals surface area contributed by atoms with E-state index in [4.69, 9.17) is 4.74 Å². The molecule has 0 bridgehead atoms. The first kappa shape index (κ1) is 20.4. The van der Waals surface area contributed by atoms with E-state index in [-0.39, 0.29) is 5.75 Å². The lowest BCUT2D eigenvalue weighted by Gasteiger charge is -2.38. The highest BCUT2D eigenvalue weighted by molar-refractivity contribution is 7.90. The largest absolute Gasteiger partial charge is 0.495 e. The molecule has 0 unspecified atom stereocenters. The van der Waals surface area contributed by atoms with E-state index in [0.717, 1.165) is 50.1 Å². The molecule has 2 rings (SSSR count). The molecule has 0 atom stereocenters. The molecule has 1 aromatic carbocycles. The molecule has 1 aliphatic heterocycles. The highest BCUT2D eigenvalue weighted by atomic mass is 32.2. The third-order valence-electron chi connectivity index (χ3n) is 4.27. The fraction of sp³-hybridized carbons (Fsp3) is 0.611. The molecular formula is C18H30N4O3S. The summed E-state index contributed by atoms with van der Waals surface area (Å²) in [6.07, 6.45) is 1.81. The molecule has 7 nitrogen and oxygen atoms in total. The minimum absolute atomic E-state index is 0.178. The van der Waals surface area contributed by atoms with Crippen LogP contribution in [0.4, 0.5) is 5.69 Å². The molecule has 0 spiro atoms. The fourth-order valence-corrected chi connectivity index (χ4v) is 3.64. The van der Waals surface area contributed by atoms with E-state index in [1.165, 1.54) is 6.26 Å². The van der Waals surface area contributed by atoms with E-state index in [2.05, 4.69) is 26.2 Å². The summed E-state index contributed by atoms with van der Waals surface area (Å²) in [6.45, 7) is 6.82. The fourth-order valence-electron chi connectivity index (χ4n) is 2.99. The summed E-state index contributed by atoms with van der Waals surface area (Å²) in [7, 11) is -1.23. The summed E-state index contributed by atoms with van der Waals surface area (Å²) in [5.41, 5.74) is 1.12. The quantitative estimate of drug-likeness (QED) is 0.434. The van der Waals surface area contributed by atoms with Crippen molar-refractivity contribution >= 4 is 21.5 Å². The minimum atomic E-state index is -2.93. The lowest BCUT2D eigenvalue weighted by atomic mass is 10.2. The van der Waals surface area contributed by atoms with Gasteiger partial charge in [-0.1, -0.05) is 12.1 Å². The van der Waals surface area contributed by atoms with Crippen molar-refractivity contribution in [1.29, 1.82) is 0 Å². The van der Waals surface area contributed by atoms with Gasteiger partial charge in [0.15, 0.2) is 5.96 Å². The highest BCUT2D eigenvalue weighted by Crippen LogP contribution is 2.28. The molecule has 0 aromatic heterocycles. The Kier molecular flexibility index (Phi) is 7.56. The van der Waals surface area contributed by atoms with Crippen molar-refractivity contribution in [2.45, 2.75) is 13.3 Å². The summed E-state index contributed by atoms with van der Waals surface area (Å²) in [5.74, 6) is 1.93. The van der Waals surface area contributed by atoms with Gasteiger partial charge in [0.05, 0.1) is 18.6 Å². The molecule has 146 valence electrons. The smallest absolute Gasteiger partial charge is 0.194 e. The Hall–Kier alpha value is -1.96. The second-order valence-electron chi connectivity index (χ2n) is 6.37. The first-order valence-electron chi connectivity index (χ1n) is 9.03. The van der Waals surface area contributed by atoms with E-state index >= 15 is 0 Å². The number of sulfone groups is 1. The Morgan fingerprint density at radius 3 is 2.54 bits per heavy atom. The number of nitrogens with zero attached hydrogens (tertiary/aromatic N) is 3. The maximum absolute atomic E-state index is 11.2. The first-order valence-corrected chi connectivity index (χ1v) is 11.1. The van der Waals surface area contributed by atoms with Gasteiger partial charge >= 0.3 is 0 Å². The number of para-hydroxylation sites is 2. The van der Waals surface area contributed by atoms with Crippen LogP contribution in [-0.4, -0.2) is 77.7 Å². The predicted octanol–water partition coefficient (Wildman–Crippen LogP) is 1.22. The number of guanidine groups is 1. The van der Waals surface area contributed by atoms with Gasteiger partial charge in [0.25, 0.3) is 0 Å². The Bertz CT molecular complexity index is 698. The van der Waals surface area contributed by atoms with Crippen molar-refractivity contribution in [3.63, 3.8) is 0 Å². The molecule has 8 heteroatoms. The number of aliphatic imine (C=N–C) groups is 1. The van der Waals surface area contributed by atoms with Crippen LogP contribution in [-0.2, 0) is 9.84 Å². The van der Waals surface area contributed by atoms with Crippen LogP contribution >= 0.6 is 0 Å². The second-order valence-corrected chi connectivity index (χ2v) is 8.62. The summed E-state index contributed by atoms with van der Waals surface area (Å²) < 4.78 is 27.9. The van der Waals surface area contributed by atoms with Crippen LogP contribution in [0.1, 0.15) is 13.3 Å². The average Bonchev–Trinajstić information content (AvgIpc) is 2.63. The number of rotatable bonds is 7. The van der Waals surface area contributed by atoms with Gasteiger partial charge in [0.2, 0.25) is 0 Å². The SMILES string of the molecule is CCNC(=NCCCS(C)(=O)=O)N1CCN(c2ccccc2OC)CC1. The second kappa shape index (κ2) is 9.66. The number of ether oxygens (including phenoxy) is 1. The number of methoxy groups -OCH3 is 1. The molecule has 1 heterocycles. The number of hydrogen-bond acceptors (Lipinski definition) is 5. The van der Waals surface area contributed by atoms with Gasteiger partial charge < -0.3 is 19.9 Å². The number of nitrogens with one attached hydrogen (secondary N) is 1. The molecule has 0 radical (unpaired) electrons. The van der Waals surface area contributed by atoms with Gasteiger partial charge in [0.1, 0.15) is 15.6 Å². The molecule has 1 aliphatic rings. The summed E-state index contributed by atoms with van der Waals surface area (Å²) >= 11 is 0. The molecule has 1 N–H and O–H groups in total. The van der Waals surface area contributed by atoms with Gasteiger partial charge in [-0.25, -0.2) is 8.42 Å². The third-order valence-corrected chi connectivity index (χ3v) is 5.31. The van der Waals surface area contributed by atoms with E-state index in [0.29, 0.717) is 13.0 Å². The molecule has 1 aromatic rings. The van der Waals surface area contributed by atoms with Gasteiger partial charge in [-0.15, -0.1) is 0 Å². The van der Waals surface area contributed by atoms with Crippen LogP contribution in [0.15, 0.2) is 29.3 Å². The van der Waals surface area contributed by atoms with Crippen LogP contribution in [0.2, 0.25) is 0 Å². The summed E-state index contributed by atoms with van der Waals surface area (Å²) in [5, 5.41) is 3.31. The zero-order valence-corrected chi connectivity index (χ0v) is 16.8. The van der Waals surface area contributed by atoms with Crippen LogP contribution in [0, 0.1) is 0 Å². The Balaban J connectivity index is 1.94. The van der Waals surface area contributed by atoms with Crippen molar-refractivity contribution in [2.75, 3.05) is 63.3 Å². The zero-order valence-electron chi connectivity index (χ0n) is 15.9. The highest BCUT2D eigenvalue weighted by Gasteiger charge is 2.21. The van der Waals surface area contributed by atoms with E-state index in [1.807, 2.05) is 25.1 Å². The molecule has 26 heavy (non-hydrogen) atoms. The standard InChI is InChI=1S/C18H30N4O3S/c1-4-19-18(20-10-7-15-26(3,23)24)22-13-11-21(12-14-22)16-8-5-6-9-17(16)25-2/h5-6,8-9H,4,7,10-15H2,1-3H3,(H,19,20). The first-order chi connectivity index (χ1) is 12.4. The molecule has 1 fully saturated rings. The molecule has 0 aliphatic carbocycles. The number of piperazine rings is 1. The van der Waals surface area contributed by atoms with Gasteiger partial charge in [-0.05, 0) is 25.5 Å². The number of anilines is 1. The minimum Gasteiger partial charge on any atom is -0.495 e. The van der Waals surface area contributed by atoms with E-state index < -0.39 is 9.84 Å². The topological polar surface area (TPSA) is 74.2 Å². The summed E-state index contributed by atoms with van der Waals surface area (Å²) in [6, 6.07) is 8.07. The van der Waals surface area contributed by atoms with Crippen molar-refractivity contribution in [1.82, 2.24) is 10.2 Å². The number of benzene rings is 1. The van der Waals surface area contributed by atoms with Crippen molar-refractivity contribution < 1.29 is 13.2 Å². The van der Waals surface area contributed by atoms with Crippen LogP contribution in [0.3, 0.4) is 0 Å². The lowest BCUT2D eigenvalue weighted by Crippen LogP contribution is -2.52. The van der Waals surface area contributed by atoms with Crippen LogP contribution in [0.25, 0.3) is 0 Å². The van der Waals surface area contributed by atoms with Crippen molar-refractivity contribution in [3.8, 4) is 5.75 Å². The maximum Gasteiger partial charge on any atom is 0.194 e. The average molecular weight is 383 g/mol. The predicted molar refractivity (Wildman–Crippen MR) is 107 cm³/mol. The van der Waals surface area contributed by atoms with Crippen LogP contribution in [0.5, 0.6) is 5.75 Å². The van der Waals surface area contributed by atoms with Crippen molar-refractivity contribution in [3.05, 3.63) is 24.3 Å². The monoisotopic (exact) mass is 382 g/mol. The van der Waals surface area contributed by atoms with Crippen LogP contribution < -0.4 is 15.0 Å². The third kappa shape index (κ3) is 6.09. The van der Waals surface area contributed by atoms with Crippen molar-refractivity contribution in [2.24, 2.45) is 4.99 Å². The van der Waals surface area contributed by atoms with Gasteiger partial charge in [0, 0.05) is 45.5 Å². The van der Waals surface area contributed by atoms with Gasteiger partial charge in [-0.2, -0.15) is 0 Å². The van der Waals surface area contributed by atoms with E-state index in [9.17, 15) is 8.42 Å². The summed E-state index contributed by atoms with van der Waals surface area (Å²) in [4.78, 5) is 9.15. The molecular weight excluding hydrogens is 352 g/mol.